The Kier molecular flexibility index (Phi) is 1.32. The van der Waals surface area contributed by atoms with Crippen molar-refractivity contribution in [1.29, 1.82) is 5.26 Å². The van der Waals surface area contributed by atoms with E-state index in [0.29, 0.717) is 11.2 Å². The largest absolute Gasteiger partial charge is 0.198 e. The topological polar surface area (TPSA) is 66.9 Å². The van der Waals surface area contributed by atoms with Gasteiger partial charge in [-0.3, -0.25) is 0 Å². The highest BCUT2D eigenvalue weighted by Gasteiger charge is 2.09. The first-order valence-electron chi connectivity index (χ1n) is 3.88. The molecule has 66 valence electrons. The van der Waals surface area contributed by atoms with Gasteiger partial charge in [0, 0.05) is 5.39 Å². The molecular formula is C8H3N5S. The maximum absolute atomic E-state index is 8.92. The summed E-state index contributed by atoms with van der Waals surface area (Å²) in [5.41, 5.74) is 1.30. The summed E-state index contributed by atoms with van der Waals surface area (Å²) in [4.78, 5) is 0. The molecule has 3 rings (SSSR count). The lowest BCUT2D eigenvalue weighted by atomic mass is 10.2. The number of hydrogen-bond donors (Lipinski definition) is 0. The molecule has 0 saturated carbocycles. The van der Waals surface area contributed by atoms with E-state index in [1.165, 1.54) is 15.9 Å². The maximum atomic E-state index is 8.92. The fourth-order valence-corrected chi connectivity index (χ4v) is 2.29. The van der Waals surface area contributed by atoms with Crippen molar-refractivity contribution in [2.75, 3.05) is 0 Å². The number of pyridine rings is 1. The SMILES string of the molecule is N#Cc1cn2nnnc2c2sccc12. The summed E-state index contributed by atoms with van der Waals surface area (Å²) < 4.78 is 2.48. The van der Waals surface area contributed by atoms with Crippen LogP contribution >= 0.6 is 11.3 Å². The number of thiophene rings is 1. The van der Waals surface area contributed by atoms with E-state index in [9.17, 15) is 0 Å². The van der Waals surface area contributed by atoms with Crippen LogP contribution in [0.3, 0.4) is 0 Å². The average molecular weight is 201 g/mol. The number of tetrazole rings is 1. The smallest absolute Gasteiger partial charge is 0.197 e. The third kappa shape index (κ3) is 0.791. The number of rotatable bonds is 0. The van der Waals surface area contributed by atoms with Crippen molar-refractivity contribution in [3.05, 3.63) is 23.2 Å². The minimum absolute atomic E-state index is 0.598. The summed E-state index contributed by atoms with van der Waals surface area (Å²) in [7, 11) is 0. The number of nitriles is 1. The second kappa shape index (κ2) is 2.49. The second-order valence-electron chi connectivity index (χ2n) is 2.77. The fraction of sp³-hybridized carbons (Fsp3) is 0. The quantitative estimate of drug-likeness (QED) is 0.548. The Morgan fingerprint density at radius 3 is 3.29 bits per heavy atom. The van der Waals surface area contributed by atoms with Crippen molar-refractivity contribution in [3.63, 3.8) is 0 Å². The van der Waals surface area contributed by atoms with Crippen LogP contribution in [-0.2, 0) is 0 Å². The van der Waals surface area contributed by atoms with Gasteiger partial charge < -0.3 is 0 Å². The van der Waals surface area contributed by atoms with Crippen molar-refractivity contribution in [2.45, 2.75) is 0 Å². The summed E-state index contributed by atoms with van der Waals surface area (Å²) in [5, 5.41) is 23.0. The monoisotopic (exact) mass is 201 g/mol. The van der Waals surface area contributed by atoms with Gasteiger partial charge in [0.15, 0.2) is 5.65 Å². The molecule has 0 spiro atoms. The van der Waals surface area contributed by atoms with Gasteiger partial charge in [-0.1, -0.05) is 0 Å². The van der Waals surface area contributed by atoms with Crippen LogP contribution in [-0.4, -0.2) is 20.0 Å². The predicted octanol–water partition coefficient (Wildman–Crippen LogP) is 1.21. The number of nitrogens with zero attached hydrogens (tertiary/aromatic N) is 5. The van der Waals surface area contributed by atoms with E-state index in [-0.39, 0.29) is 0 Å². The van der Waals surface area contributed by atoms with Gasteiger partial charge in [0.25, 0.3) is 0 Å². The van der Waals surface area contributed by atoms with Gasteiger partial charge in [-0.2, -0.15) is 9.78 Å². The lowest BCUT2D eigenvalue weighted by Gasteiger charge is -1.94. The number of hydrogen-bond acceptors (Lipinski definition) is 5. The Morgan fingerprint density at radius 1 is 1.50 bits per heavy atom. The Bertz CT molecular complexity index is 659. The van der Waals surface area contributed by atoms with E-state index in [4.69, 9.17) is 5.26 Å². The van der Waals surface area contributed by atoms with Crippen LogP contribution in [0.2, 0.25) is 0 Å². The Balaban J connectivity index is 2.67. The zero-order valence-corrected chi connectivity index (χ0v) is 7.69. The van der Waals surface area contributed by atoms with Crippen LogP contribution in [0.25, 0.3) is 15.7 Å². The van der Waals surface area contributed by atoms with Gasteiger partial charge in [-0.15, -0.1) is 16.4 Å². The van der Waals surface area contributed by atoms with E-state index in [1.807, 2.05) is 11.4 Å². The van der Waals surface area contributed by atoms with Crippen LogP contribution in [0.1, 0.15) is 5.56 Å². The predicted molar refractivity (Wildman–Crippen MR) is 50.9 cm³/mol. The standard InChI is InChI=1S/C8H3N5S/c9-3-5-4-13-8(10-11-12-13)7-6(5)1-2-14-7/h1-2,4H. The second-order valence-corrected chi connectivity index (χ2v) is 3.68. The molecule has 3 heterocycles. The van der Waals surface area contributed by atoms with Gasteiger partial charge >= 0.3 is 0 Å². The van der Waals surface area contributed by atoms with Crippen LogP contribution in [0.5, 0.6) is 0 Å². The highest BCUT2D eigenvalue weighted by molar-refractivity contribution is 7.18. The first-order chi connectivity index (χ1) is 6.90. The number of fused-ring (bicyclic) bond motifs is 3. The van der Waals surface area contributed by atoms with Gasteiger partial charge in [0.2, 0.25) is 0 Å². The van der Waals surface area contributed by atoms with E-state index in [2.05, 4.69) is 21.6 Å². The van der Waals surface area contributed by atoms with E-state index in [0.717, 1.165) is 10.1 Å². The molecule has 0 aliphatic heterocycles. The van der Waals surface area contributed by atoms with Crippen molar-refractivity contribution >= 4 is 27.1 Å². The molecule has 0 radical (unpaired) electrons. The normalized spacial score (nSPS) is 10.8. The average Bonchev–Trinajstić information content (AvgIpc) is 2.83. The zero-order valence-electron chi connectivity index (χ0n) is 6.88. The molecule has 3 aromatic rings. The van der Waals surface area contributed by atoms with Gasteiger partial charge in [0.1, 0.15) is 6.07 Å². The third-order valence-corrected chi connectivity index (χ3v) is 2.93. The molecule has 0 saturated heterocycles. The molecule has 0 aromatic carbocycles. The summed E-state index contributed by atoms with van der Waals surface area (Å²) in [6.45, 7) is 0. The van der Waals surface area contributed by atoms with Crippen molar-refractivity contribution in [1.82, 2.24) is 20.0 Å². The minimum atomic E-state index is 0.598. The molecule has 0 aliphatic rings. The molecule has 0 amide bonds. The third-order valence-electron chi connectivity index (χ3n) is 2.02. The summed E-state index contributed by atoms with van der Waals surface area (Å²) in [6.07, 6.45) is 1.64. The molecule has 0 N–H and O–H groups in total. The Hall–Kier alpha value is -2.00. The molecule has 0 atom stereocenters. The van der Waals surface area contributed by atoms with Crippen LogP contribution < -0.4 is 0 Å². The Labute approximate surface area is 82.2 Å². The molecule has 5 nitrogen and oxygen atoms in total. The zero-order chi connectivity index (χ0) is 9.54. The molecule has 3 aromatic heterocycles. The van der Waals surface area contributed by atoms with E-state index < -0.39 is 0 Å². The van der Waals surface area contributed by atoms with Gasteiger partial charge in [0.05, 0.1) is 16.5 Å². The summed E-state index contributed by atoms with van der Waals surface area (Å²) >= 11 is 1.54. The molecular weight excluding hydrogens is 198 g/mol. The van der Waals surface area contributed by atoms with Crippen LogP contribution in [0.15, 0.2) is 17.6 Å². The molecule has 0 unspecified atom stereocenters. The lowest BCUT2D eigenvalue weighted by Crippen LogP contribution is -1.89. The molecule has 0 bridgehead atoms. The van der Waals surface area contributed by atoms with Crippen molar-refractivity contribution in [3.8, 4) is 6.07 Å². The molecule has 0 fully saturated rings. The molecule has 0 aliphatic carbocycles. The van der Waals surface area contributed by atoms with Crippen molar-refractivity contribution < 1.29 is 0 Å². The van der Waals surface area contributed by atoms with Gasteiger partial charge in [-0.05, 0) is 21.9 Å². The molecule has 6 heteroatoms. The summed E-state index contributed by atoms with van der Waals surface area (Å²) in [5.74, 6) is 0. The van der Waals surface area contributed by atoms with Gasteiger partial charge in [-0.25, -0.2) is 0 Å². The van der Waals surface area contributed by atoms with Crippen molar-refractivity contribution in [2.24, 2.45) is 0 Å². The van der Waals surface area contributed by atoms with Crippen LogP contribution in [0.4, 0.5) is 0 Å². The molecule has 14 heavy (non-hydrogen) atoms. The Morgan fingerprint density at radius 2 is 2.43 bits per heavy atom. The minimum Gasteiger partial charge on any atom is -0.198 e. The van der Waals surface area contributed by atoms with E-state index >= 15 is 0 Å². The van der Waals surface area contributed by atoms with Crippen LogP contribution in [0, 0.1) is 11.3 Å². The summed E-state index contributed by atoms with van der Waals surface area (Å²) in [6, 6.07) is 4.04. The maximum Gasteiger partial charge on any atom is 0.197 e. The first kappa shape index (κ1) is 7.41. The first-order valence-corrected chi connectivity index (χ1v) is 4.76. The lowest BCUT2D eigenvalue weighted by molar-refractivity contribution is 0.823. The highest BCUT2D eigenvalue weighted by Crippen LogP contribution is 2.26. The highest BCUT2D eigenvalue weighted by atomic mass is 32.1. The number of aromatic nitrogens is 4. The van der Waals surface area contributed by atoms with E-state index in [1.54, 1.807) is 6.20 Å². The fourth-order valence-electron chi connectivity index (χ4n) is 1.41.